The van der Waals surface area contributed by atoms with Crippen LogP contribution in [0.5, 0.6) is 0 Å². The highest BCUT2D eigenvalue weighted by Crippen LogP contribution is 2.68. The van der Waals surface area contributed by atoms with E-state index in [9.17, 15) is 15.1 Å². The van der Waals surface area contributed by atoms with E-state index in [0.717, 1.165) is 38.5 Å². The molecule has 35 heavy (non-hydrogen) atoms. The number of allylic oxidation sites excluding steroid dienone is 1. The lowest BCUT2D eigenvalue weighted by molar-refractivity contribution is -0.131. The number of nitrogens with zero attached hydrogens (tertiary/aromatic N) is 1. The molecule has 6 heteroatoms. The summed E-state index contributed by atoms with van der Waals surface area (Å²) in [6.45, 7) is 6.40. The highest BCUT2D eigenvalue weighted by Gasteiger charge is 2.69. The fourth-order valence-corrected chi connectivity index (χ4v) is 8.77. The molecule has 1 aromatic carbocycles. The molecule has 0 spiro atoms. The predicted molar refractivity (Wildman–Crippen MR) is 133 cm³/mol. The monoisotopic (exact) mass is 481 g/mol. The third-order valence-electron chi connectivity index (χ3n) is 10.5. The Hall–Kier alpha value is -2.18. The first kappa shape index (κ1) is 24.5. The summed E-state index contributed by atoms with van der Waals surface area (Å²) in [6.07, 6.45) is 7.93. The second-order valence-corrected chi connectivity index (χ2v) is 11.7. The van der Waals surface area contributed by atoms with Crippen molar-refractivity contribution in [3.63, 3.8) is 0 Å². The van der Waals surface area contributed by atoms with E-state index in [-0.39, 0.29) is 28.8 Å². The molecule has 0 radical (unpaired) electrons. The maximum Gasteiger partial charge on any atom is 0.338 e. The van der Waals surface area contributed by atoms with E-state index < -0.39 is 11.7 Å². The summed E-state index contributed by atoms with van der Waals surface area (Å²) in [4.78, 5) is 12.6. The number of rotatable bonds is 4. The lowest BCUT2D eigenvalue weighted by Crippen LogP contribution is -2.60. The van der Waals surface area contributed by atoms with E-state index in [0.29, 0.717) is 29.5 Å². The van der Waals surface area contributed by atoms with Crippen molar-refractivity contribution in [2.75, 3.05) is 7.11 Å². The molecule has 0 saturated heterocycles. The van der Waals surface area contributed by atoms with Gasteiger partial charge in [-0.3, -0.25) is 0 Å². The van der Waals surface area contributed by atoms with E-state index in [1.807, 2.05) is 18.2 Å². The molecule has 5 rings (SSSR count). The molecule has 6 nitrogen and oxygen atoms in total. The van der Waals surface area contributed by atoms with Crippen molar-refractivity contribution < 1.29 is 24.6 Å². The maximum absolute atomic E-state index is 12.6. The lowest BCUT2D eigenvalue weighted by atomic mass is 9.46. The van der Waals surface area contributed by atoms with Gasteiger partial charge in [0.2, 0.25) is 0 Å². The van der Waals surface area contributed by atoms with Gasteiger partial charge in [-0.25, -0.2) is 4.79 Å². The number of aliphatic hydroxyl groups excluding tert-OH is 1. The van der Waals surface area contributed by atoms with Gasteiger partial charge < -0.3 is 19.8 Å². The van der Waals surface area contributed by atoms with Crippen molar-refractivity contribution in [1.29, 1.82) is 0 Å². The number of hydrogen-bond donors (Lipinski definition) is 2. The number of esters is 1. The number of fused-ring (bicyclic) bond motifs is 5. The number of benzene rings is 1. The Labute approximate surface area is 208 Å². The standard InChI is InChI=1S/C29H39NO5/c1-18(30-33)29(34-4)25(31)17-24-22-11-10-20-16-21(35-26(32)19-8-6-5-7-9-19)12-14-27(20,2)23(22)13-15-28(24,29)3/h5-10,21-25,31,33H,11-17H2,1-4H3/b30-18-/t21-,22-,23+,24-,25-,27+,28+,29-/m1/s1. The van der Waals surface area contributed by atoms with E-state index >= 15 is 0 Å². The molecule has 4 aliphatic rings. The van der Waals surface area contributed by atoms with Gasteiger partial charge in [-0.05, 0) is 80.8 Å². The molecule has 190 valence electrons. The molecule has 1 aromatic rings. The van der Waals surface area contributed by atoms with Crippen molar-refractivity contribution in [1.82, 2.24) is 0 Å². The summed E-state index contributed by atoms with van der Waals surface area (Å²) >= 11 is 0. The number of aliphatic hydroxyl groups is 1. The first-order valence-electron chi connectivity index (χ1n) is 13.1. The Morgan fingerprint density at radius 1 is 1.11 bits per heavy atom. The Morgan fingerprint density at radius 2 is 1.86 bits per heavy atom. The van der Waals surface area contributed by atoms with E-state index in [1.165, 1.54) is 5.57 Å². The minimum atomic E-state index is -0.953. The second kappa shape index (κ2) is 8.74. The van der Waals surface area contributed by atoms with E-state index in [1.54, 1.807) is 26.2 Å². The van der Waals surface area contributed by atoms with Crippen LogP contribution in [-0.4, -0.2) is 46.9 Å². The summed E-state index contributed by atoms with van der Waals surface area (Å²) in [5, 5.41) is 24.4. The quantitative estimate of drug-likeness (QED) is 0.198. The zero-order chi connectivity index (χ0) is 25.0. The van der Waals surface area contributed by atoms with Gasteiger partial charge in [-0.1, -0.05) is 48.9 Å². The third kappa shape index (κ3) is 3.43. The summed E-state index contributed by atoms with van der Waals surface area (Å²) in [6, 6.07) is 9.23. The van der Waals surface area contributed by atoms with Gasteiger partial charge in [-0.15, -0.1) is 0 Å². The predicted octanol–water partition coefficient (Wildman–Crippen LogP) is 5.38. The Balaban J connectivity index is 1.38. The first-order chi connectivity index (χ1) is 16.7. The molecule has 0 heterocycles. The van der Waals surface area contributed by atoms with Crippen LogP contribution in [0.4, 0.5) is 0 Å². The number of hydrogen-bond acceptors (Lipinski definition) is 6. The molecule has 3 saturated carbocycles. The van der Waals surface area contributed by atoms with Crippen LogP contribution in [-0.2, 0) is 9.47 Å². The first-order valence-corrected chi connectivity index (χ1v) is 13.1. The summed E-state index contributed by atoms with van der Waals surface area (Å²) < 4.78 is 12.0. The Bertz CT molecular complexity index is 1040. The highest BCUT2D eigenvalue weighted by molar-refractivity contribution is 5.92. The number of carbonyl (C=O) groups is 1. The smallest absolute Gasteiger partial charge is 0.338 e. The van der Waals surface area contributed by atoms with Crippen molar-refractivity contribution in [2.24, 2.45) is 33.7 Å². The van der Waals surface area contributed by atoms with Gasteiger partial charge >= 0.3 is 5.97 Å². The van der Waals surface area contributed by atoms with E-state index in [4.69, 9.17) is 9.47 Å². The zero-order valence-electron chi connectivity index (χ0n) is 21.4. The third-order valence-corrected chi connectivity index (χ3v) is 10.5. The fraction of sp³-hybridized carbons (Fsp3) is 0.655. The molecule has 0 aliphatic heterocycles. The van der Waals surface area contributed by atoms with Crippen molar-refractivity contribution >= 4 is 11.7 Å². The summed E-state index contributed by atoms with van der Waals surface area (Å²) in [5.41, 5.74) is 1.35. The normalized spacial score (nSPS) is 42.9. The largest absolute Gasteiger partial charge is 0.458 e. The molecule has 3 fully saturated rings. The fourth-order valence-electron chi connectivity index (χ4n) is 8.77. The highest BCUT2D eigenvalue weighted by atomic mass is 16.5. The average Bonchev–Trinajstić information content (AvgIpc) is 3.10. The second-order valence-electron chi connectivity index (χ2n) is 11.7. The molecule has 8 atom stereocenters. The van der Waals surface area contributed by atoms with Crippen LogP contribution in [0.15, 0.2) is 47.1 Å². The maximum atomic E-state index is 12.6. The van der Waals surface area contributed by atoms with Crippen LogP contribution in [0.3, 0.4) is 0 Å². The number of oxime groups is 1. The average molecular weight is 482 g/mol. The van der Waals surface area contributed by atoms with Gasteiger partial charge in [0.1, 0.15) is 11.7 Å². The number of ether oxygens (including phenoxy) is 2. The van der Waals surface area contributed by atoms with E-state index in [2.05, 4.69) is 25.1 Å². The van der Waals surface area contributed by atoms with Gasteiger partial charge in [0.25, 0.3) is 0 Å². The van der Waals surface area contributed by atoms with Crippen LogP contribution < -0.4 is 0 Å². The molecule has 4 aliphatic carbocycles. The molecule has 0 bridgehead atoms. The van der Waals surface area contributed by atoms with Crippen LogP contribution >= 0.6 is 0 Å². The molecule has 0 unspecified atom stereocenters. The van der Waals surface area contributed by atoms with Crippen LogP contribution in [0, 0.1) is 28.6 Å². The molecule has 2 N–H and O–H groups in total. The summed E-state index contributed by atoms with van der Waals surface area (Å²) in [7, 11) is 1.63. The SMILES string of the molecule is CO[C@]1(/C(C)=N\O)[C@H](O)C[C@@H]2[C@@H]3CC=C4C[C@H](OC(=O)c5ccccc5)CC[C@]4(C)[C@H]3CC[C@@]21C. The van der Waals surface area contributed by atoms with Gasteiger partial charge in [0.05, 0.1) is 17.4 Å². The topological polar surface area (TPSA) is 88.3 Å². The van der Waals surface area contributed by atoms with Crippen LogP contribution in [0.2, 0.25) is 0 Å². The van der Waals surface area contributed by atoms with Crippen LogP contribution in [0.25, 0.3) is 0 Å². The minimum absolute atomic E-state index is 0.0784. The number of methoxy groups -OCH3 is 1. The molecular weight excluding hydrogens is 442 g/mol. The Morgan fingerprint density at radius 3 is 2.54 bits per heavy atom. The van der Waals surface area contributed by atoms with Crippen LogP contribution in [0.1, 0.15) is 76.1 Å². The Kier molecular flexibility index (Phi) is 6.12. The van der Waals surface area contributed by atoms with Crippen molar-refractivity contribution in [3.05, 3.63) is 47.5 Å². The van der Waals surface area contributed by atoms with Gasteiger partial charge in [0, 0.05) is 18.9 Å². The van der Waals surface area contributed by atoms with Crippen molar-refractivity contribution in [2.45, 2.75) is 83.5 Å². The molecular formula is C29H39NO5. The minimum Gasteiger partial charge on any atom is -0.458 e. The van der Waals surface area contributed by atoms with Gasteiger partial charge in [0.15, 0.2) is 0 Å². The van der Waals surface area contributed by atoms with Gasteiger partial charge in [-0.2, -0.15) is 0 Å². The summed E-state index contributed by atoms with van der Waals surface area (Å²) in [5.74, 6) is 1.02. The number of carbonyl (C=O) groups excluding carboxylic acids is 1. The lowest BCUT2D eigenvalue weighted by Gasteiger charge is -2.59. The zero-order valence-corrected chi connectivity index (χ0v) is 21.4. The molecule has 0 aromatic heterocycles. The molecule has 0 amide bonds. The van der Waals surface area contributed by atoms with Crippen molar-refractivity contribution in [3.8, 4) is 0 Å².